The highest BCUT2D eigenvalue weighted by Gasteiger charge is 2.27. The number of aromatic nitrogens is 3. The zero-order chi connectivity index (χ0) is 23.8. The van der Waals surface area contributed by atoms with Crippen LogP contribution in [0.5, 0.6) is 5.75 Å². The Labute approximate surface area is 200 Å². The normalized spacial score (nSPS) is 15.0. The van der Waals surface area contributed by atoms with Crippen molar-refractivity contribution in [3.63, 3.8) is 0 Å². The molecule has 5 rings (SSSR count). The molecule has 34 heavy (non-hydrogen) atoms. The Kier molecular flexibility index (Phi) is 5.97. The van der Waals surface area contributed by atoms with E-state index in [1.807, 2.05) is 48.5 Å². The van der Waals surface area contributed by atoms with Crippen molar-refractivity contribution >= 4 is 27.3 Å². The number of benzene rings is 1. The summed E-state index contributed by atoms with van der Waals surface area (Å²) in [5.74, 6) is 0.681. The van der Waals surface area contributed by atoms with Gasteiger partial charge in [0.1, 0.15) is 5.75 Å². The maximum atomic E-state index is 13.7. The van der Waals surface area contributed by atoms with Crippen molar-refractivity contribution in [1.29, 1.82) is 0 Å². The lowest BCUT2D eigenvalue weighted by Crippen LogP contribution is -2.32. The van der Waals surface area contributed by atoms with E-state index in [2.05, 4.69) is 5.10 Å². The number of nitrogens with zero attached hydrogens (tertiary/aromatic N) is 4. The average Bonchev–Trinajstić information content (AvgIpc) is 3.41. The number of carbonyl (C=O) groups is 1. The van der Waals surface area contributed by atoms with Crippen molar-refractivity contribution < 1.29 is 14.3 Å². The molecule has 1 aromatic carbocycles. The van der Waals surface area contributed by atoms with Crippen LogP contribution in [0.1, 0.15) is 21.8 Å². The molecule has 8 nitrogen and oxygen atoms in total. The minimum Gasteiger partial charge on any atom is -0.496 e. The molecule has 0 radical (unpaired) electrons. The summed E-state index contributed by atoms with van der Waals surface area (Å²) in [6, 6.07) is 11.1. The van der Waals surface area contributed by atoms with Crippen LogP contribution in [0.3, 0.4) is 0 Å². The van der Waals surface area contributed by atoms with Crippen LogP contribution in [-0.2, 0) is 25.4 Å². The summed E-state index contributed by atoms with van der Waals surface area (Å²) >= 11 is 1.45. The smallest absolute Gasteiger partial charge is 0.264 e. The van der Waals surface area contributed by atoms with Gasteiger partial charge in [0.05, 0.1) is 36.9 Å². The number of fused-ring (bicyclic) bond motifs is 1. The summed E-state index contributed by atoms with van der Waals surface area (Å²) in [6.45, 7) is 1.84. The number of rotatable bonds is 8. The third-order valence-electron chi connectivity index (χ3n) is 6.16. The lowest BCUT2D eigenvalue weighted by Gasteiger charge is -2.22. The van der Waals surface area contributed by atoms with E-state index < -0.39 is 0 Å². The second-order valence-electron chi connectivity index (χ2n) is 8.45. The van der Waals surface area contributed by atoms with E-state index in [0.717, 1.165) is 39.9 Å². The first-order valence-corrected chi connectivity index (χ1v) is 11.9. The molecule has 1 saturated heterocycles. The molecule has 1 aliphatic heterocycles. The molecule has 0 bridgehead atoms. The van der Waals surface area contributed by atoms with Gasteiger partial charge in [0.2, 0.25) is 5.56 Å². The molecule has 0 N–H and O–H groups in total. The van der Waals surface area contributed by atoms with Crippen LogP contribution >= 0.6 is 11.3 Å². The average molecular weight is 479 g/mol. The van der Waals surface area contributed by atoms with Crippen molar-refractivity contribution in [1.82, 2.24) is 19.2 Å². The fourth-order valence-electron chi connectivity index (χ4n) is 4.06. The molecule has 1 fully saturated rings. The van der Waals surface area contributed by atoms with Gasteiger partial charge in [0.25, 0.3) is 5.91 Å². The van der Waals surface area contributed by atoms with Gasteiger partial charge in [-0.3, -0.25) is 14.3 Å². The number of amides is 1. The SMILES string of the molecule is COc1ccc(-c2ccc(=O)n(C)c2)c2sc(C(=O)N(CCC3CO3)Cc3ccnn3C)cc12. The monoisotopic (exact) mass is 478 g/mol. The minimum atomic E-state index is -0.0685. The first-order chi connectivity index (χ1) is 16.4. The van der Waals surface area contributed by atoms with Crippen molar-refractivity contribution in [2.24, 2.45) is 14.1 Å². The van der Waals surface area contributed by atoms with Crippen LogP contribution in [0.15, 0.2) is 53.6 Å². The van der Waals surface area contributed by atoms with E-state index in [4.69, 9.17) is 9.47 Å². The Bertz CT molecular complexity index is 1420. The fraction of sp³-hybridized carbons (Fsp3) is 0.320. The van der Waals surface area contributed by atoms with Crippen molar-refractivity contribution in [3.05, 3.63) is 69.7 Å². The summed E-state index contributed by atoms with van der Waals surface area (Å²) < 4.78 is 15.3. The van der Waals surface area contributed by atoms with Crippen LogP contribution in [0.25, 0.3) is 21.2 Å². The number of hydrogen-bond acceptors (Lipinski definition) is 6. The van der Waals surface area contributed by atoms with Crippen molar-refractivity contribution in [2.75, 3.05) is 20.3 Å². The van der Waals surface area contributed by atoms with E-state index in [-0.39, 0.29) is 17.6 Å². The molecule has 1 aliphatic rings. The second kappa shape index (κ2) is 9.08. The Morgan fingerprint density at radius 1 is 1.26 bits per heavy atom. The van der Waals surface area contributed by atoms with Crippen LogP contribution in [0.4, 0.5) is 0 Å². The van der Waals surface area contributed by atoms with Crippen LogP contribution < -0.4 is 10.3 Å². The zero-order valence-corrected chi connectivity index (χ0v) is 20.2. The first-order valence-electron chi connectivity index (χ1n) is 11.1. The molecule has 3 aromatic heterocycles. The second-order valence-corrected chi connectivity index (χ2v) is 9.50. The Balaban J connectivity index is 1.54. The molecule has 0 saturated carbocycles. The Morgan fingerprint density at radius 2 is 2.09 bits per heavy atom. The van der Waals surface area contributed by atoms with Crippen molar-refractivity contribution in [3.8, 4) is 16.9 Å². The molecule has 1 unspecified atom stereocenters. The largest absolute Gasteiger partial charge is 0.496 e. The third kappa shape index (κ3) is 4.36. The highest BCUT2D eigenvalue weighted by molar-refractivity contribution is 7.21. The van der Waals surface area contributed by atoms with E-state index in [1.54, 1.807) is 35.7 Å². The summed E-state index contributed by atoms with van der Waals surface area (Å²) in [6.07, 6.45) is 4.60. The molecule has 176 valence electrons. The molecule has 9 heteroatoms. The van der Waals surface area contributed by atoms with Crippen LogP contribution in [0, 0.1) is 0 Å². The van der Waals surface area contributed by atoms with E-state index >= 15 is 0 Å². The molecule has 4 heterocycles. The fourth-order valence-corrected chi connectivity index (χ4v) is 5.24. The maximum Gasteiger partial charge on any atom is 0.264 e. The first kappa shape index (κ1) is 22.4. The third-order valence-corrected chi connectivity index (χ3v) is 7.31. The number of hydrogen-bond donors (Lipinski definition) is 0. The number of methoxy groups -OCH3 is 1. The van der Waals surface area contributed by atoms with Gasteiger partial charge in [-0.2, -0.15) is 5.10 Å². The number of pyridine rings is 1. The number of thiophene rings is 1. The van der Waals surface area contributed by atoms with Gasteiger partial charge in [-0.05, 0) is 42.3 Å². The van der Waals surface area contributed by atoms with E-state index in [9.17, 15) is 9.59 Å². The summed E-state index contributed by atoms with van der Waals surface area (Å²) in [4.78, 5) is 28.1. The van der Waals surface area contributed by atoms with E-state index in [1.165, 1.54) is 11.3 Å². The predicted molar refractivity (Wildman–Crippen MR) is 131 cm³/mol. The van der Waals surface area contributed by atoms with Gasteiger partial charge in [0.15, 0.2) is 0 Å². The number of carbonyl (C=O) groups excluding carboxylic acids is 1. The molecule has 4 aromatic rings. The maximum absolute atomic E-state index is 13.7. The van der Waals surface area contributed by atoms with Gasteiger partial charge in [-0.25, -0.2) is 0 Å². The highest BCUT2D eigenvalue weighted by Crippen LogP contribution is 2.40. The van der Waals surface area contributed by atoms with Crippen LogP contribution in [0.2, 0.25) is 0 Å². The highest BCUT2D eigenvalue weighted by atomic mass is 32.1. The molecule has 1 atom stereocenters. The number of ether oxygens (including phenoxy) is 2. The molecule has 0 spiro atoms. The summed E-state index contributed by atoms with van der Waals surface area (Å²) in [7, 11) is 5.24. The standard InChI is InChI=1S/C25H26N4O4S/c1-27-13-16(4-7-23(27)30)19-5-6-21(32-3)20-12-22(34-24(19)20)25(31)29(11-9-18-15-33-18)14-17-8-10-26-28(17)2/h4-8,10,12-13,18H,9,11,14-15H2,1-3H3. The topological polar surface area (TPSA) is 81.9 Å². The lowest BCUT2D eigenvalue weighted by atomic mass is 10.1. The van der Waals surface area contributed by atoms with Gasteiger partial charge in [-0.15, -0.1) is 11.3 Å². The van der Waals surface area contributed by atoms with Gasteiger partial charge < -0.3 is 18.9 Å². The Morgan fingerprint density at radius 3 is 2.76 bits per heavy atom. The van der Waals surface area contributed by atoms with Crippen LogP contribution in [-0.4, -0.2) is 51.5 Å². The van der Waals surface area contributed by atoms with Gasteiger partial charge in [0, 0.05) is 54.7 Å². The summed E-state index contributed by atoms with van der Waals surface area (Å²) in [5, 5.41) is 5.12. The van der Waals surface area contributed by atoms with E-state index in [0.29, 0.717) is 23.7 Å². The van der Waals surface area contributed by atoms with Crippen molar-refractivity contribution in [2.45, 2.75) is 19.1 Å². The summed E-state index contributed by atoms with van der Waals surface area (Å²) in [5.41, 5.74) is 2.77. The number of epoxide rings is 1. The minimum absolute atomic E-state index is 0.0310. The lowest BCUT2D eigenvalue weighted by molar-refractivity contribution is 0.0738. The predicted octanol–water partition coefficient (Wildman–Crippen LogP) is 3.44. The molecular weight excluding hydrogens is 452 g/mol. The van der Waals surface area contributed by atoms with Gasteiger partial charge in [-0.1, -0.05) is 0 Å². The zero-order valence-electron chi connectivity index (χ0n) is 19.4. The molecular formula is C25H26N4O4S. The number of aryl methyl sites for hydroxylation is 2. The quantitative estimate of drug-likeness (QED) is 0.363. The van der Waals surface area contributed by atoms with Gasteiger partial charge >= 0.3 is 0 Å². The molecule has 1 amide bonds. The Hall–Kier alpha value is -3.43. The molecule has 0 aliphatic carbocycles.